The molecule has 8 heteroatoms. The largest absolute Gasteiger partial charge is 0.489 e. The number of carbonyl (C=O) groups is 1. The van der Waals surface area contributed by atoms with Gasteiger partial charge in [0.15, 0.2) is 0 Å². The number of benzene rings is 1. The van der Waals surface area contributed by atoms with E-state index in [1.54, 1.807) is 0 Å². The molecule has 0 aliphatic carbocycles. The maximum absolute atomic E-state index is 11.9. The number of fused-ring (bicyclic) bond motifs is 1. The highest BCUT2D eigenvalue weighted by Gasteiger charge is 2.32. The van der Waals surface area contributed by atoms with Crippen LogP contribution < -0.4 is 14.5 Å². The molecule has 0 N–H and O–H groups in total. The highest BCUT2D eigenvalue weighted by Crippen LogP contribution is 2.35. The lowest BCUT2D eigenvalue weighted by Crippen LogP contribution is -2.29. The van der Waals surface area contributed by atoms with E-state index in [-0.39, 0.29) is 6.54 Å². The number of anilines is 2. The van der Waals surface area contributed by atoms with E-state index in [9.17, 15) is 4.79 Å². The van der Waals surface area contributed by atoms with Crippen LogP contribution in [0.5, 0.6) is 5.75 Å². The van der Waals surface area contributed by atoms with E-state index in [4.69, 9.17) is 15.0 Å². The van der Waals surface area contributed by atoms with E-state index in [1.165, 1.54) is 4.90 Å². The molecule has 0 bridgehead atoms. The van der Waals surface area contributed by atoms with Crippen LogP contribution >= 0.6 is 0 Å². The van der Waals surface area contributed by atoms with E-state index >= 15 is 0 Å². The van der Waals surface area contributed by atoms with Crippen molar-refractivity contribution in [1.29, 1.82) is 0 Å². The normalized spacial score (nSPS) is 20.4. The Morgan fingerprint density at radius 3 is 3.19 bits per heavy atom. The molecule has 2 heterocycles. The fourth-order valence-electron chi connectivity index (χ4n) is 2.47. The summed E-state index contributed by atoms with van der Waals surface area (Å²) < 4.78 is 10.8. The molecule has 2 aliphatic heterocycles. The van der Waals surface area contributed by atoms with Gasteiger partial charge in [-0.25, -0.2) is 4.79 Å². The van der Waals surface area contributed by atoms with Gasteiger partial charge >= 0.3 is 6.09 Å². The molecule has 110 valence electrons. The second-order valence-electron chi connectivity index (χ2n) is 4.95. The van der Waals surface area contributed by atoms with E-state index in [2.05, 4.69) is 14.9 Å². The Bertz CT molecular complexity index is 614. The Hall–Kier alpha value is -2.60. The van der Waals surface area contributed by atoms with E-state index < -0.39 is 12.2 Å². The lowest BCUT2D eigenvalue weighted by molar-refractivity contribution is 0.145. The molecule has 0 radical (unpaired) electrons. The third-order valence-corrected chi connectivity index (χ3v) is 3.57. The fraction of sp³-hybridized carbons (Fsp3) is 0.462. The summed E-state index contributed by atoms with van der Waals surface area (Å²) in [4.78, 5) is 18.2. The number of azide groups is 1. The summed E-state index contributed by atoms with van der Waals surface area (Å²) in [7, 11) is 2.00. The highest BCUT2D eigenvalue weighted by atomic mass is 16.6. The summed E-state index contributed by atoms with van der Waals surface area (Å²) >= 11 is 0. The molecular weight excluding hydrogens is 274 g/mol. The minimum absolute atomic E-state index is 0.142. The van der Waals surface area contributed by atoms with Gasteiger partial charge < -0.3 is 14.4 Å². The number of nitrogens with zero attached hydrogens (tertiary/aromatic N) is 5. The van der Waals surface area contributed by atoms with Crippen molar-refractivity contribution in [2.24, 2.45) is 5.11 Å². The van der Waals surface area contributed by atoms with Crippen molar-refractivity contribution in [3.63, 3.8) is 0 Å². The number of cyclic esters (lactones) is 1. The molecule has 0 unspecified atom stereocenters. The van der Waals surface area contributed by atoms with Crippen molar-refractivity contribution in [1.82, 2.24) is 0 Å². The molecule has 1 fully saturated rings. The number of rotatable bonds is 3. The van der Waals surface area contributed by atoms with Gasteiger partial charge in [0.05, 0.1) is 31.0 Å². The SMILES string of the molecule is CN1CCOc2cc(N3C[C@H](CN=[N+]=[N-])OC3=O)ccc21. The number of likely N-dealkylation sites (N-methyl/N-ethyl adjacent to an activating group) is 1. The van der Waals surface area contributed by atoms with Gasteiger partial charge in [-0.3, -0.25) is 4.90 Å². The summed E-state index contributed by atoms with van der Waals surface area (Å²) in [6.07, 6.45) is -0.842. The van der Waals surface area contributed by atoms with E-state index in [1.807, 2.05) is 25.2 Å². The monoisotopic (exact) mass is 289 g/mol. The van der Waals surface area contributed by atoms with Crippen LogP contribution in [0.1, 0.15) is 0 Å². The van der Waals surface area contributed by atoms with Crippen molar-refractivity contribution >= 4 is 17.5 Å². The van der Waals surface area contributed by atoms with Crippen molar-refractivity contribution in [3.05, 3.63) is 28.6 Å². The third-order valence-electron chi connectivity index (χ3n) is 3.57. The van der Waals surface area contributed by atoms with Gasteiger partial charge in [-0.05, 0) is 17.7 Å². The molecule has 1 saturated heterocycles. The first-order valence-electron chi connectivity index (χ1n) is 6.66. The smallest absolute Gasteiger partial charge is 0.414 e. The van der Waals surface area contributed by atoms with Crippen molar-refractivity contribution in [2.45, 2.75) is 6.10 Å². The first-order valence-corrected chi connectivity index (χ1v) is 6.66. The molecule has 0 aromatic heterocycles. The predicted octanol–water partition coefficient (Wildman–Crippen LogP) is 2.15. The van der Waals surface area contributed by atoms with Crippen LogP contribution in [0.15, 0.2) is 23.3 Å². The Labute approximate surface area is 121 Å². The summed E-state index contributed by atoms with van der Waals surface area (Å²) in [5.74, 6) is 0.757. The zero-order chi connectivity index (χ0) is 14.8. The van der Waals surface area contributed by atoms with E-state index in [0.717, 1.165) is 23.7 Å². The molecule has 21 heavy (non-hydrogen) atoms. The minimum Gasteiger partial charge on any atom is -0.489 e. The Morgan fingerprint density at radius 1 is 1.52 bits per heavy atom. The van der Waals surface area contributed by atoms with Crippen LogP contribution in [0.2, 0.25) is 0 Å². The molecule has 0 spiro atoms. The van der Waals surface area contributed by atoms with Crippen LogP contribution in [0.3, 0.4) is 0 Å². The maximum Gasteiger partial charge on any atom is 0.414 e. The average molecular weight is 289 g/mol. The quantitative estimate of drug-likeness (QED) is 0.484. The Kier molecular flexibility index (Phi) is 3.45. The molecule has 1 aromatic carbocycles. The minimum atomic E-state index is -0.433. The summed E-state index contributed by atoms with van der Waals surface area (Å²) in [6.45, 7) is 1.97. The molecular formula is C13H15N5O3. The van der Waals surface area contributed by atoms with Gasteiger partial charge in [0.25, 0.3) is 0 Å². The molecule has 3 rings (SSSR count). The Balaban J connectivity index is 1.81. The zero-order valence-electron chi connectivity index (χ0n) is 11.6. The summed E-state index contributed by atoms with van der Waals surface area (Å²) in [5, 5.41) is 3.44. The van der Waals surface area contributed by atoms with Gasteiger partial charge in [-0.15, -0.1) is 0 Å². The molecule has 1 atom stereocenters. The number of amides is 1. The van der Waals surface area contributed by atoms with Crippen LogP contribution in [0, 0.1) is 0 Å². The maximum atomic E-state index is 11.9. The number of carbonyl (C=O) groups excluding carboxylic acids is 1. The predicted molar refractivity (Wildman–Crippen MR) is 76.8 cm³/mol. The topological polar surface area (TPSA) is 90.8 Å². The summed E-state index contributed by atoms with van der Waals surface area (Å²) in [6, 6.07) is 5.63. The first kappa shape index (κ1) is 13.4. The van der Waals surface area contributed by atoms with Gasteiger partial charge in [0, 0.05) is 18.0 Å². The fourth-order valence-corrected chi connectivity index (χ4v) is 2.47. The second kappa shape index (κ2) is 5.41. The van der Waals surface area contributed by atoms with E-state index in [0.29, 0.717) is 13.2 Å². The number of hydrogen-bond donors (Lipinski definition) is 0. The van der Waals surface area contributed by atoms with Crippen molar-refractivity contribution in [2.75, 3.05) is 43.1 Å². The number of ether oxygens (including phenoxy) is 2. The van der Waals surface area contributed by atoms with Crippen molar-refractivity contribution in [3.8, 4) is 5.75 Å². The van der Waals surface area contributed by atoms with Gasteiger partial charge in [0.2, 0.25) is 0 Å². The highest BCUT2D eigenvalue weighted by molar-refractivity contribution is 5.90. The average Bonchev–Trinajstić information content (AvgIpc) is 2.86. The Morgan fingerprint density at radius 2 is 2.38 bits per heavy atom. The molecule has 1 amide bonds. The molecule has 0 saturated carbocycles. The van der Waals surface area contributed by atoms with Crippen LogP contribution in [-0.4, -0.2) is 45.5 Å². The zero-order valence-corrected chi connectivity index (χ0v) is 11.6. The van der Waals surface area contributed by atoms with Gasteiger partial charge in [0.1, 0.15) is 18.5 Å². The molecule has 2 aliphatic rings. The lowest BCUT2D eigenvalue weighted by Gasteiger charge is -2.28. The molecule has 8 nitrogen and oxygen atoms in total. The lowest BCUT2D eigenvalue weighted by atomic mass is 10.2. The van der Waals surface area contributed by atoms with Crippen LogP contribution in [0.25, 0.3) is 10.4 Å². The van der Waals surface area contributed by atoms with Crippen LogP contribution in [0.4, 0.5) is 16.2 Å². The van der Waals surface area contributed by atoms with Gasteiger partial charge in [-0.2, -0.15) is 0 Å². The second-order valence-corrected chi connectivity index (χ2v) is 4.95. The number of hydrogen-bond acceptors (Lipinski definition) is 5. The first-order chi connectivity index (χ1) is 10.2. The standard InChI is InChI=1S/C13H15N5O3/c1-17-4-5-20-12-6-9(2-3-11(12)17)18-8-10(7-15-16-14)21-13(18)19/h2-3,6,10H,4-5,7-8H2,1H3/t10-/m0/s1. The van der Waals surface area contributed by atoms with Gasteiger partial charge in [-0.1, -0.05) is 5.11 Å². The van der Waals surface area contributed by atoms with Crippen molar-refractivity contribution < 1.29 is 14.3 Å². The third kappa shape index (κ3) is 2.53. The van der Waals surface area contributed by atoms with Crippen LogP contribution in [-0.2, 0) is 4.74 Å². The molecule has 1 aromatic rings. The summed E-state index contributed by atoms with van der Waals surface area (Å²) in [5.41, 5.74) is 10.0.